The van der Waals surface area contributed by atoms with E-state index < -0.39 is 4.92 Å². The summed E-state index contributed by atoms with van der Waals surface area (Å²) in [6.07, 6.45) is 1.78. The van der Waals surface area contributed by atoms with E-state index in [0.717, 1.165) is 25.9 Å². The molecule has 1 saturated heterocycles. The number of nitrogens with two attached hydrogens (primary N) is 1. The highest BCUT2D eigenvalue weighted by Crippen LogP contribution is 2.25. The predicted molar refractivity (Wildman–Crippen MR) is 80.1 cm³/mol. The minimum atomic E-state index is -0.447. The molecule has 1 aromatic rings. The molecule has 1 amide bonds. The SMILES string of the molecule is Cc1c(NC(=O)CN2CCC(N)CC2)cccc1[N+](=O)[O-]. The maximum Gasteiger partial charge on any atom is 0.274 e. The number of nitro benzene ring substituents is 1. The van der Waals surface area contributed by atoms with Crippen molar-refractivity contribution >= 4 is 17.3 Å². The first-order valence-electron chi connectivity index (χ1n) is 6.99. The molecule has 3 N–H and O–H groups in total. The van der Waals surface area contributed by atoms with E-state index in [1.54, 1.807) is 19.1 Å². The summed E-state index contributed by atoms with van der Waals surface area (Å²) in [4.78, 5) is 24.5. The Kier molecular flexibility index (Phi) is 4.87. The van der Waals surface area contributed by atoms with Gasteiger partial charge >= 0.3 is 0 Å². The van der Waals surface area contributed by atoms with Gasteiger partial charge in [-0.25, -0.2) is 0 Å². The highest BCUT2D eigenvalue weighted by Gasteiger charge is 2.19. The van der Waals surface area contributed by atoms with Crippen molar-refractivity contribution in [2.24, 2.45) is 5.73 Å². The van der Waals surface area contributed by atoms with Crippen molar-refractivity contribution in [2.75, 3.05) is 25.0 Å². The number of likely N-dealkylation sites (tertiary alicyclic amines) is 1. The third-order valence-corrected chi connectivity index (χ3v) is 3.78. The van der Waals surface area contributed by atoms with E-state index in [1.807, 2.05) is 4.90 Å². The number of anilines is 1. The standard InChI is InChI=1S/C14H20N4O3/c1-10-12(3-2-4-13(10)18(20)21)16-14(19)9-17-7-5-11(15)6-8-17/h2-4,11H,5-9,15H2,1H3,(H,16,19). The number of carbonyl (C=O) groups is 1. The highest BCUT2D eigenvalue weighted by molar-refractivity contribution is 5.93. The van der Waals surface area contributed by atoms with Crippen LogP contribution in [0.3, 0.4) is 0 Å². The van der Waals surface area contributed by atoms with Gasteiger partial charge in [0.15, 0.2) is 0 Å². The minimum absolute atomic E-state index is 0.0109. The number of carbonyl (C=O) groups excluding carboxylic acids is 1. The number of nitrogens with zero attached hydrogens (tertiary/aromatic N) is 2. The Balaban J connectivity index is 1.97. The van der Waals surface area contributed by atoms with Crippen molar-refractivity contribution in [3.8, 4) is 0 Å². The van der Waals surface area contributed by atoms with Gasteiger partial charge in [0, 0.05) is 25.2 Å². The number of nitro groups is 1. The zero-order chi connectivity index (χ0) is 15.4. The van der Waals surface area contributed by atoms with E-state index in [9.17, 15) is 14.9 Å². The molecular formula is C14H20N4O3. The Morgan fingerprint density at radius 2 is 2.14 bits per heavy atom. The van der Waals surface area contributed by atoms with Crippen LogP contribution in [0.5, 0.6) is 0 Å². The largest absolute Gasteiger partial charge is 0.328 e. The number of rotatable bonds is 4. The number of hydrogen-bond acceptors (Lipinski definition) is 5. The molecule has 0 spiro atoms. The van der Waals surface area contributed by atoms with Crippen LogP contribution in [0.25, 0.3) is 0 Å². The molecule has 1 aliphatic rings. The zero-order valence-corrected chi connectivity index (χ0v) is 12.0. The molecule has 0 unspecified atom stereocenters. The summed E-state index contributed by atoms with van der Waals surface area (Å²) in [6.45, 7) is 3.54. The van der Waals surface area contributed by atoms with Crippen LogP contribution in [0.4, 0.5) is 11.4 Å². The molecule has 0 aromatic heterocycles. The van der Waals surface area contributed by atoms with Crippen molar-refractivity contribution < 1.29 is 9.72 Å². The molecule has 0 bridgehead atoms. The molecule has 0 aliphatic carbocycles. The quantitative estimate of drug-likeness (QED) is 0.642. The van der Waals surface area contributed by atoms with Crippen LogP contribution in [0.15, 0.2) is 18.2 Å². The lowest BCUT2D eigenvalue weighted by Crippen LogP contribution is -2.43. The average molecular weight is 292 g/mol. The molecule has 7 heteroatoms. The van der Waals surface area contributed by atoms with E-state index in [2.05, 4.69) is 5.32 Å². The molecule has 0 saturated carbocycles. The van der Waals surface area contributed by atoms with Crippen LogP contribution in [0, 0.1) is 17.0 Å². The Morgan fingerprint density at radius 1 is 1.48 bits per heavy atom. The van der Waals surface area contributed by atoms with Gasteiger partial charge in [0.25, 0.3) is 5.69 Å². The molecule has 1 aromatic carbocycles. The highest BCUT2D eigenvalue weighted by atomic mass is 16.6. The van der Waals surface area contributed by atoms with E-state index in [4.69, 9.17) is 5.73 Å². The normalized spacial score (nSPS) is 16.7. The summed E-state index contributed by atoms with van der Waals surface area (Å²) < 4.78 is 0. The van der Waals surface area contributed by atoms with Gasteiger partial charge in [-0.2, -0.15) is 0 Å². The van der Waals surface area contributed by atoms with Gasteiger partial charge in [0.2, 0.25) is 5.91 Å². The summed E-state index contributed by atoms with van der Waals surface area (Å²) >= 11 is 0. The first-order chi connectivity index (χ1) is 9.97. The molecule has 7 nitrogen and oxygen atoms in total. The number of piperidine rings is 1. The molecule has 0 radical (unpaired) electrons. The van der Waals surface area contributed by atoms with E-state index >= 15 is 0 Å². The predicted octanol–water partition coefficient (Wildman–Crippen LogP) is 1.26. The molecular weight excluding hydrogens is 272 g/mol. The van der Waals surface area contributed by atoms with Crippen LogP contribution in [0.1, 0.15) is 18.4 Å². The van der Waals surface area contributed by atoms with Gasteiger partial charge in [0.1, 0.15) is 0 Å². The monoisotopic (exact) mass is 292 g/mol. The van der Waals surface area contributed by atoms with E-state index in [0.29, 0.717) is 11.3 Å². The van der Waals surface area contributed by atoms with Crippen LogP contribution >= 0.6 is 0 Å². The fraction of sp³-hybridized carbons (Fsp3) is 0.500. The maximum absolute atomic E-state index is 12.0. The smallest absolute Gasteiger partial charge is 0.274 e. The lowest BCUT2D eigenvalue weighted by atomic mass is 10.1. The molecule has 0 atom stereocenters. The molecule has 114 valence electrons. The van der Waals surface area contributed by atoms with Crippen molar-refractivity contribution in [1.82, 2.24) is 4.90 Å². The summed E-state index contributed by atoms with van der Waals surface area (Å²) in [5, 5.41) is 13.6. The van der Waals surface area contributed by atoms with Crippen molar-refractivity contribution in [3.05, 3.63) is 33.9 Å². The Bertz CT molecular complexity index is 539. The molecule has 1 heterocycles. The number of benzene rings is 1. The lowest BCUT2D eigenvalue weighted by Gasteiger charge is -2.29. The van der Waals surface area contributed by atoms with Crippen molar-refractivity contribution in [2.45, 2.75) is 25.8 Å². The van der Waals surface area contributed by atoms with Gasteiger partial charge in [-0.15, -0.1) is 0 Å². The third kappa shape index (κ3) is 3.99. The Labute approximate surface area is 123 Å². The van der Waals surface area contributed by atoms with Gasteiger partial charge in [0.05, 0.1) is 22.7 Å². The summed E-state index contributed by atoms with van der Waals surface area (Å²) in [5.74, 6) is -0.158. The second-order valence-electron chi connectivity index (χ2n) is 5.37. The van der Waals surface area contributed by atoms with Crippen LogP contribution in [-0.2, 0) is 4.79 Å². The first kappa shape index (κ1) is 15.4. The Morgan fingerprint density at radius 3 is 2.76 bits per heavy atom. The number of hydrogen-bond donors (Lipinski definition) is 2. The van der Waals surface area contributed by atoms with Crippen LogP contribution < -0.4 is 11.1 Å². The molecule has 1 fully saturated rings. The van der Waals surface area contributed by atoms with Crippen molar-refractivity contribution in [3.63, 3.8) is 0 Å². The fourth-order valence-electron chi connectivity index (χ4n) is 2.46. The minimum Gasteiger partial charge on any atom is -0.328 e. The maximum atomic E-state index is 12.0. The topological polar surface area (TPSA) is 102 Å². The van der Waals surface area contributed by atoms with Crippen LogP contribution in [0.2, 0.25) is 0 Å². The van der Waals surface area contributed by atoms with Gasteiger partial charge in [-0.05, 0) is 25.8 Å². The molecule has 2 rings (SSSR count). The summed E-state index contributed by atoms with van der Waals surface area (Å²) in [5.41, 5.74) is 6.79. The van der Waals surface area contributed by atoms with Gasteiger partial charge in [-0.3, -0.25) is 19.8 Å². The summed E-state index contributed by atoms with van der Waals surface area (Å²) in [6, 6.07) is 4.90. The van der Waals surface area contributed by atoms with E-state index in [-0.39, 0.29) is 24.2 Å². The first-order valence-corrected chi connectivity index (χ1v) is 6.99. The second kappa shape index (κ2) is 6.64. The van der Waals surface area contributed by atoms with E-state index in [1.165, 1.54) is 6.07 Å². The summed E-state index contributed by atoms with van der Waals surface area (Å²) in [7, 11) is 0. The van der Waals surface area contributed by atoms with Gasteiger partial charge < -0.3 is 11.1 Å². The molecule has 1 aliphatic heterocycles. The second-order valence-corrected chi connectivity index (χ2v) is 5.37. The number of amides is 1. The van der Waals surface area contributed by atoms with Crippen LogP contribution in [-0.4, -0.2) is 41.4 Å². The fourth-order valence-corrected chi connectivity index (χ4v) is 2.46. The average Bonchev–Trinajstić information content (AvgIpc) is 2.43. The van der Waals surface area contributed by atoms with Crippen molar-refractivity contribution in [1.29, 1.82) is 0 Å². The van der Waals surface area contributed by atoms with Gasteiger partial charge in [-0.1, -0.05) is 6.07 Å². The molecule has 21 heavy (non-hydrogen) atoms. The Hall–Kier alpha value is -1.99. The third-order valence-electron chi connectivity index (χ3n) is 3.78. The lowest BCUT2D eigenvalue weighted by molar-refractivity contribution is -0.385. The zero-order valence-electron chi connectivity index (χ0n) is 12.0. The number of nitrogens with one attached hydrogen (secondary N) is 1.